The van der Waals surface area contributed by atoms with Crippen LogP contribution in [0.5, 0.6) is 5.75 Å². The van der Waals surface area contributed by atoms with E-state index in [1.165, 1.54) is 26.2 Å². The standard InChI is InChI=1S/C21H24FNO4/c1-14(17-7-5-4-6-8-17)13-23-21(25)15(2)27-20(24)12-16-9-10-19(26-3)18(22)11-16/h4-11,14-15H,12-13H2,1-3H3,(H,23,25)/t14-,15+/m1/s1. The third kappa shape index (κ3) is 6.09. The number of benzene rings is 2. The summed E-state index contributed by atoms with van der Waals surface area (Å²) in [5.41, 5.74) is 1.56. The zero-order valence-electron chi connectivity index (χ0n) is 15.7. The number of rotatable bonds is 8. The number of nitrogens with one attached hydrogen (secondary N) is 1. The molecule has 144 valence electrons. The molecule has 0 aliphatic heterocycles. The van der Waals surface area contributed by atoms with Crippen LogP contribution in [0.3, 0.4) is 0 Å². The molecule has 0 fully saturated rings. The van der Waals surface area contributed by atoms with Crippen LogP contribution in [-0.2, 0) is 20.7 Å². The van der Waals surface area contributed by atoms with E-state index in [2.05, 4.69) is 5.32 Å². The lowest BCUT2D eigenvalue weighted by molar-refractivity contribution is -0.154. The van der Waals surface area contributed by atoms with Crippen molar-refractivity contribution < 1.29 is 23.5 Å². The Hall–Kier alpha value is -2.89. The first-order valence-electron chi connectivity index (χ1n) is 8.75. The lowest BCUT2D eigenvalue weighted by Crippen LogP contribution is -2.37. The fourth-order valence-corrected chi connectivity index (χ4v) is 2.58. The van der Waals surface area contributed by atoms with Gasteiger partial charge in [-0.3, -0.25) is 9.59 Å². The Kier molecular flexibility index (Phi) is 7.34. The molecule has 2 rings (SSSR count). The fraction of sp³-hybridized carbons (Fsp3) is 0.333. The van der Waals surface area contributed by atoms with E-state index in [1.54, 1.807) is 6.07 Å². The van der Waals surface area contributed by atoms with E-state index in [0.717, 1.165) is 5.56 Å². The SMILES string of the molecule is COc1ccc(CC(=O)O[C@@H](C)C(=O)NC[C@@H](C)c2ccccc2)cc1F. The molecule has 27 heavy (non-hydrogen) atoms. The number of carbonyl (C=O) groups excluding carboxylic acids is 2. The van der Waals surface area contributed by atoms with E-state index in [4.69, 9.17) is 9.47 Å². The van der Waals surface area contributed by atoms with Crippen LogP contribution in [0.4, 0.5) is 4.39 Å². The van der Waals surface area contributed by atoms with Gasteiger partial charge in [0, 0.05) is 6.54 Å². The second kappa shape index (κ2) is 9.71. The number of carbonyl (C=O) groups is 2. The quantitative estimate of drug-likeness (QED) is 0.722. The maximum atomic E-state index is 13.7. The van der Waals surface area contributed by atoms with Crippen LogP contribution >= 0.6 is 0 Å². The highest BCUT2D eigenvalue weighted by molar-refractivity contribution is 5.83. The molecule has 0 aliphatic carbocycles. The van der Waals surface area contributed by atoms with Crippen LogP contribution in [-0.4, -0.2) is 31.6 Å². The first kappa shape index (κ1) is 20.4. The number of methoxy groups -OCH3 is 1. The number of halogens is 1. The first-order chi connectivity index (χ1) is 12.9. The van der Waals surface area contributed by atoms with E-state index < -0.39 is 17.9 Å². The predicted molar refractivity (Wildman–Crippen MR) is 100 cm³/mol. The normalized spacial score (nSPS) is 12.7. The van der Waals surface area contributed by atoms with Crippen molar-refractivity contribution in [2.75, 3.05) is 13.7 Å². The summed E-state index contributed by atoms with van der Waals surface area (Å²) in [5, 5.41) is 2.78. The minimum atomic E-state index is -0.927. The highest BCUT2D eigenvalue weighted by Crippen LogP contribution is 2.18. The van der Waals surface area contributed by atoms with Gasteiger partial charge in [-0.1, -0.05) is 43.3 Å². The van der Waals surface area contributed by atoms with Gasteiger partial charge in [-0.05, 0) is 36.1 Å². The molecule has 2 aromatic carbocycles. The largest absolute Gasteiger partial charge is 0.494 e. The molecule has 0 aromatic heterocycles. The lowest BCUT2D eigenvalue weighted by Gasteiger charge is -2.17. The summed E-state index contributed by atoms with van der Waals surface area (Å²) >= 11 is 0. The third-order valence-electron chi connectivity index (χ3n) is 4.19. The molecule has 6 heteroatoms. The average Bonchev–Trinajstić information content (AvgIpc) is 2.66. The summed E-state index contributed by atoms with van der Waals surface area (Å²) in [4.78, 5) is 24.1. The maximum Gasteiger partial charge on any atom is 0.311 e. The molecule has 0 unspecified atom stereocenters. The molecule has 2 atom stereocenters. The molecule has 0 aliphatic rings. The molecule has 2 aromatic rings. The van der Waals surface area contributed by atoms with E-state index in [1.807, 2.05) is 37.3 Å². The van der Waals surface area contributed by atoms with Gasteiger partial charge in [-0.15, -0.1) is 0 Å². The highest BCUT2D eigenvalue weighted by atomic mass is 19.1. The fourth-order valence-electron chi connectivity index (χ4n) is 2.58. The van der Waals surface area contributed by atoms with Crippen molar-refractivity contribution in [2.45, 2.75) is 32.3 Å². The van der Waals surface area contributed by atoms with Crippen molar-refractivity contribution in [3.8, 4) is 5.75 Å². The van der Waals surface area contributed by atoms with Crippen molar-refractivity contribution in [3.05, 3.63) is 65.5 Å². The van der Waals surface area contributed by atoms with Crippen LogP contribution in [0.15, 0.2) is 48.5 Å². The Morgan fingerprint density at radius 3 is 2.44 bits per heavy atom. The van der Waals surface area contributed by atoms with Crippen LogP contribution < -0.4 is 10.1 Å². The van der Waals surface area contributed by atoms with Crippen molar-refractivity contribution in [1.82, 2.24) is 5.32 Å². The smallest absolute Gasteiger partial charge is 0.311 e. The minimum Gasteiger partial charge on any atom is -0.494 e. The van der Waals surface area contributed by atoms with Crippen LogP contribution in [0, 0.1) is 5.82 Å². The van der Waals surface area contributed by atoms with Gasteiger partial charge in [0.25, 0.3) is 5.91 Å². The maximum absolute atomic E-state index is 13.7. The number of hydrogen-bond acceptors (Lipinski definition) is 4. The first-order valence-corrected chi connectivity index (χ1v) is 8.75. The molecular formula is C21H24FNO4. The second-order valence-electron chi connectivity index (χ2n) is 6.33. The highest BCUT2D eigenvalue weighted by Gasteiger charge is 2.19. The molecular weight excluding hydrogens is 349 g/mol. The molecule has 5 nitrogen and oxygen atoms in total. The van der Waals surface area contributed by atoms with Gasteiger partial charge in [-0.25, -0.2) is 4.39 Å². The number of hydrogen-bond donors (Lipinski definition) is 1. The van der Waals surface area contributed by atoms with Crippen molar-refractivity contribution >= 4 is 11.9 Å². The van der Waals surface area contributed by atoms with Crippen LogP contribution in [0.25, 0.3) is 0 Å². The molecule has 0 bridgehead atoms. The van der Waals surface area contributed by atoms with E-state index in [9.17, 15) is 14.0 Å². The number of esters is 1. The summed E-state index contributed by atoms with van der Waals surface area (Å²) in [7, 11) is 1.37. The molecule has 0 radical (unpaired) electrons. The lowest BCUT2D eigenvalue weighted by atomic mass is 10.0. The van der Waals surface area contributed by atoms with Gasteiger partial charge in [-0.2, -0.15) is 0 Å². The van der Waals surface area contributed by atoms with E-state index in [0.29, 0.717) is 12.1 Å². The Morgan fingerprint density at radius 1 is 1.11 bits per heavy atom. The number of ether oxygens (including phenoxy) is 2. The summed E-state index contributed by atoms with van der Waals surface area (Å²) in [6.07, 6.45) is -1.05. The zero-order valence-corrected chi connectivity index (χ0v) is 15.7. The molecule has 1 N–H and O–H groups in total. The van der Waals surface area contributed by atoms with Gasteiger partial charge in [0.1, 0.15) is 0 Å². The van der Waals surface area contributed by atoms with Gasteiger partial charge in [0.15, 0.2) is 17.7 Å². The van der Waals surface area contributed by atoms with E-state index in [-0.39, 0.29) is 24.0 Å². The summed E-state index contributed by atoms with van der Waals surface area (Å²) in [5.74, 6) is -1.28. The van der Waals surface area contributed by atoms with Gasteiger partial charge in [0.05, 0.1) is 13.5 Å². The second-order valence-corrected chi connectivity index (χ2v) is 6.33. The molecule has 0 heterocycles. The molecule has 0 saturated heterocycles. The minimum absolute atomic E-state index is 0.104. The van der Waals surface area contributed by atoms with Crippen molar-refractivity contribution in [2.24, 2.45) is 0 Å². The molecule has 1 amide bonds. The number of amides is 1. The molecule has 0 spiro atoms. The van der Waals surface area contributed by atoms with Crippen molar-refractivity contribution in [3.63, 3.8) is 0 Å². The Balaban J connectivity index is 1.81. The summed E-state index contributed by atoms with van der Waals surface area (Å²) in [6.45, 7) is 3.95. The topological polar surface area (TPSA) is 64.6 Å². The van der Waals surface area contributed by atoms with Gasteiger partial charge in [0.2, 0.25) is 0 Å². The third-order valence-corrected chi connectivity index (χ3v) is 4.19. The zero-order chi connectivity index (χ0) is 19.8. The van der Waals surface area contributed by atoms with E-state index >= 15 is 0 Å². The summed E-state index contributed by atoms with van der Waals surface area (Å²) in [6, 6.07) is 14.1. The van der Waals surface area contributed by atoms with Gasteiger partial charge < -0.3 is 14.8 Å². The van der Waals surface area contributed by atoms with Crippen molar-refractivity contribution in [1.29, 1.82) is 0 Å². The summed E-state index contributed by atoms with van der Waals surface area (Å²) < 4.78 is 23.6. The Labute approximate surface area is 158 Å². The predicted octanol–water partition coefficient (Wildman–Crippen LogP) is 3.23. The van der Waals surface area contributed by atoms with Crippen LogP contribution in [0.1, 0.15) is 30.9 Å². The monoisotopic (exact) mass is 373 g/mol. The Morgan fingerprint density at radius 2 is 1.81 bits per heavy atom. The molecule has 0 saturated carbocycles. The average molecular weight is 373 g/mol. The Bertz CT molecular complexity index is 779. The van der Waals surface area contributed by atoms with Crippen LogP contribution in [0.2, 0.25) is 0 Å². The van der Waals surface area contributed by atoms with Gasteiger partial charge >= 0.3 is 5.97 Å².